The van der Waals surface area contributed by atoms with E-state index in [0.717, 1.165) is 45.4 Å². The van der Waals surface area contributed by atoms with Gasteiger partial charge in [0.2, 0.25) is 0 Å². The highest BCUT2D eigenvalue weighted by molar-refractivity contribution is 5.08. The Bertz CT molecular complexity index is 290. The summed E-state index contributed by atoms with van der Waals surface area (Å²) in [6, 6.07) is 4.59. The highest BCUT2D eigenvalue weighted by Gasteiger charge is 2.08. The van der Waals surface area contributed by atoms with Gasteiger partial charge in [-0.05, 0) is 43.9 Å². The average molecular weight is 250 g/mol. The quantitative estimate of drug-likeness (QED) is 0.648. The third kappa shape index (κ3) is 6.72. The Balaban J connectivity index is 2.30. The Morgan fingerprint density at radius 3 is 2.89 bits per heavy atom. The van der Waals surface area contributed by atoms with Crippen molar-refractivity contribution in [3.63, 3.8) is 0 Å². The molecule has 0 amide bonds. The first-order valence-electron chi connectivity index (χ1n) is 7.06. The van der Waals surface area contributed by atoms with Crippen LogP contribution in [0.5, 0.6) is 0 Å². The number of aromatic nitrogens is 1. The van der Waals surface area contributed by atoms with E-state index >= 15 is 0 Å². The Morgan fingerprint density at radius 1 is 1.33 bits per heavy atom. The summed E-state index contributed by atoms with van der Waals surface area (Å²) in [5.74, 6) is 0. The van der Waals surface area contributed by atoms with E-state index in [9.17, 15) is 0 Å². The smallest absolute Gasteiger partial charge is 0.0619 e. The summed E-state index contributed by atoms with van der Waals surface area (Å²) in [7, 11) is 0. The molecule has 102 valence electrons. The normalized spacial score (nSPS) is 12.6. The van der Waals surface area contributed by atoms with E-state index in [1.54, 1.807) is 0 Å². The molecule has 0 aliphatic rings. The van der Waals surface area contributed by atoms with Crippen LogP contribution < -0.4 is 5.32 Å². The van der Waals surface area contributed by atoms with E-state index in [1.807, 2.05) is 18.5 Å². The minimum atomic E-state index is 0.455. The molecular formula is C15H26N2O. The van der Waals surface area contributed by atoms with E-state index in [4.69, 9.17) is 4.74 Å². The summed E-state index contributed by atoms with van der Waals surface area (Å²) < 4.78 is 5.65. The molecule has 0 aromatic carbocycles. The first-order chi connectivity index (χ1) is 8.86. The third-order valence-corrected chi connectivity index (χ3v) is 2.85. The molecule has 0 saturated heterocycles. The predicted molar refractivity (Wildman–Crippen MR) is 75.7 cm³/mol. The lowest BCUT2D eigenvalue weighted by Gasteiger charge is -2.18. The van der Waals surface area contributed by atoms with Crippen molar-refractivity contribution < 1.29 is 4.74 Å². The maximum absolute atomic E-state index is 5.65. The van der Waals surface area contributed by atoms with Crippen LogP contribution in [-0.2, 0) is 11.2 Å². The summed E-state index contributed by atoms with van der Waals surface area (Å²) in [6.45, 7) is 7.07. The summed E-state index contributed by atoms with van der Waals surface area (Å²) in [5, 5.41) is 3.55. The van der Waals surface area contributed by atoms with Gasteiger partial charge in [-0.15, -0.1) is 0 Å². The summed E-state index contributed by atoms with van der Waals surface area (Å²) in [6.07, 6.45) is 8.19. The van der Waals surface area contributed by atoms with Crippen LogP contribution in [0.4, 0.5) is 0 Å². The number of hydrogen-bond donors (Lipinski definition) is 1. The molecule has 0 saturated carbocycles. The largest absolute Gasteiger partial charge is 0.380 e. The van der Waals surface area contributed by atoms with Crippen molar-refractivity contribution in [2.45, 2.75) is 45.6 Å². The van der Waals surface area contributed by atoms with Crippen LogP contribution >= 0.6 is 0 Å². The van der Waals surface area contributed by atoms with Gasteiger partial charge in [-0.3, -0.25) is 4.98 Å². The fourth-order valence-corrected chi connectivity index (χ4v) is 1.85. The van der Waals surface area contributed by atoms with E-state index in [0.29, 0.717) is 6.04 Å². The van der Waals surface area contributed by atoms with Crippen LogP contribution in [0.15, 0.2) is 24.5 Å². The standard InChI is InChI=1S/C15H26N2O/c1-3-9-17-15(13-18-11-4-2)8-7-14-6-5-10-16-12-14/h5-6,10,12,15,17H,3-4,7-9,11,13H2,1-2H3. The van der Waals surface area contributed by atoms with Gasteiger partial charge in [0.1, 0.15) is 0 Å². The zero-order chi connectivity index (χ0) is 13.1. The van der Waals surface area contributed by atoms with Crippen molar-refractivity contribution in [2.75, 3.05) is 19.8 Å². The minimum absolute atomic E-state index is 0.455. The predicted octanol–water partition coefficient (Wildman–Crippen LogP) is 2.81. The molecule has 0 spiro atoms. The van der Waals surface area contributed by atoms with Crippen LogP contribution in [0.25, 0.3) is 0 Å². The molecule has 1 unspecified atom stereocenters. The SMILES string of the molecule is CCCNC(CCc1cccnc1)COCCC. The Hall–Kier alpha value is -0.930. The van der Waals surface area contributed by atoms with Crippen molar-refractivity contribution in [3.8, 4) is 0 Å². The molecular weight excluding hydrogens is 224 g/mol. The molecule has 1 rings (SSSR count). The average Bonchev–Trinajstić information content (AvgIpc) is 2.42. The molecule has 1 heterocycles. The second-order valence-corrected chi connectivity index (χ2v) is 4.63. The van der Waals surface area contributed by atoms with E-state index in [1.165, 1.54) is 5.56 Å². The van der Waals surface area contributed by atoms with E-state index in [2.05, 4.69) is 30.2 Å². The highest BCUT2D eigenvalue weighted by Crippen LogP contribution is 2.04. The lowest BCUT2D eigenvalue weighted by Crippen LogP contribution is -2.34. The highest BCUT2D eigenvalue weighted by atomic mass is 16.5. The number of nitrogens with zero attached hydrogens (tertiary/aromatic N) is 1. The van der Waals surface area contributed by atoms with Gasteiger partial charge in [0.15, 0.2) is 0 Å². The van der Waals surface area contributed by atoms with Crippen molar-refractivity contribution in [1.29, 1.82) is 0 Å². The van der Waals surface area contributed by atoms with Gasteiger partial charge in [0.05, 0.1) is 6.61 Å². The molecule has 0 radical (unpaired) electrons. The number of pyridine rings is 1. The van der Waals surface area contributed by atoms with Gasteiger partial charge in [-0.25, -0.2) is 0 Å². The molecule has 0 aliphatic carbocycles. The second kappa shape index (κ2) is 10.0. The lowest BCUT2D eigenvalue weighted by atomic mass is 10.1. The fourth-order valence-electron chi connectivity index (χ4n) is 1.85. The van der Waals surface area contributed by atoms with Gasteiger partial charge < -0.3 is 10.1 Å². The molecule has 3 heteroatoms. The Kier molecular flexibility index (Phi) is 8.43. The summed E-state index contributed by atoms with van der Waals surface area (Å²) >= 11 is 0. The van der Waals surface area contributed by atoms with Gasteiger partial charge in [-0.1, -0.05) is 19.9 Å². The second-order valence-electron chi connectivity index (χ2n) is 4.63. The van der Waals surface area contributed by atoms with Gasteiger partial charge in [-0.2, -0.15) is 0 Å². The number of ether oxygens (including phenoxy) is 1. The van der Waals surface area contributed by atoms with E-state index in [-0.39, 0.29) is 0 Å². The van der Waals surface area contributed by atoms with Crippen molar-refractivity contribution in [2.24, 2.45) is 0 Å². The topological polar surface area (TPSA) is 34.2 Å². The van der Waals surface area contributed by atoms with Crippen molar-refractivity contribution in [1.82, 2.24) is 10.3 Å². The van der Waals surface area contributed by atoms with E-state index < -0.39 is 0 Å². The van der Waals surface area contributed by atoms with Crippen LogP contribution in [0.3, 0.4) is 0 Å². The van der Waals surface area contributed by atoms with Crippen LogP contribution in [0.1, 0.15) is 38.7 Å². The van der Waals surface area contributed by atoms with Crippen LogP contribution in [-0.4, -0.2) is 30.8 Å². The van der Waals surface area contributed by atoms with Crippen molar-refractivity contribution >= 4 is 0 Å². The molecule has 0 fully saturated rings. The molecule has 18 heavy (non-hydrogen) atoms. The Labute approximate surface area is 111 Å². The molecule has 0 bridgehead atoms. The van der Waals surface area contributed by atoms with Gasteiger partial charge in [0.25, 0.3) is 0 Å². The summed E-state index contributed by atoms with van der Waals surface area (Å²) in [5.41, 5.74) is 1.30. The third-order valence-electron chi connectivity index (χ3n) is 2.85. The van der Waals surface area contributed by atoms with Crippen molar-refractivity contribution in [3.05, 3.63) is 30.1 Å². The van der Waals surface area contributed by atoms with Crippen LogP contribution in [0.2, 0.25) is 0 Å². The number of aryl methyl sites for hydroxylation is 1. The maximum Gasteiger partial charge on any atom is 0.0619 e. The number of rotatable bonds is 10. The maximum atomic E-state index is 5.65. The monoisotopic (exact) mass is 250 g/mol. The zero-order valence-electron chi connectivity index (χ0n) is 11.7. The zero-order valence-corrected chi connectivity index (χ0v) is 11.7. The fraction of sp³-hybridized carbons (Fsp3) is 0.667. The first kappa shape index (κ1) is 15.1. The molecule has 0 aliphatic heterocycles. The number of nitrogens with one attached hydrogen (secondary N) is 1. The lowest BCUT2D eigenvalue weighted by molar-refractivity contribution is 0.109. The molecule has 3 nitrogen and oxygen atoms in total. The molecule has 1 aromatic rings. The molecule has 1 N–H and O–H groups in total. The summed E-state index contributed by atoms with van der Waals surface area (Å²) in [4.78, 5) is 4.15. The number of hydrogen-bond acceptors (Lipinski definition) is 3. The van der Waals surface area contributed by atoms with Gasteiger partial charge >= 0.3 is 0 Å². The molecule has 1 aromatic heterocycles. The van der Waals surface area contributed by atoms with Crippen LogP contribution in [0, 0.1) is 0 Å². The van der Waals surface area contributed by atoms with Gasteiger partial charge in [0, 0.05) is 25.0 Å². The minimum Gasteiger partial charge on any atom is -0.380 e. The Morgan fingerprint density at radius 2 is 2.22 bits per heavy atom. The first-order valence-corrected chi connectivity index (χ1v) is 7.06. The molecule has 1 atom stereocenters.